The molecule has 0 bridgehead atoms. The SMILES string of the molecule is COc1ccccc1CNC(=O)C1CC(=O)N(c2cccc(NC(C)=O)c2)C1. The number of ether oxygens (including phenoxy) is 1. The maximum atomic E-state index is 12.6. The number of methoxy groups -OCH3 is 1. The molecule has 7 nitrogen and oxygen atoms in total. The normalized spacial score (nSPS) is 16.0. The second-order valence-electron chi connectivity index (χ2n) is 6.67. The van der Waals surface area contributed by atoms with Crippen LogP contribution in [0.5, 0.6) is 5.75 Å². The predicted molar refractivity (Wildman–Crippen MR) is 106 cm³/mol. The van der Waals surface area contributed by atoms with Gasteiger partial charge in [-0.2, -0.15) is 0 Å². The molecule has 1 saturated heterocycles. The van der Waals surface area contributed by atoms with Crippen LogP contribution in [-0.4, -0.2) is 31.4 Å². The van der Waals surface area contributed by atoms with Gasteiger partial charge in [-0.15, -0.1) is 0 Å². The van der Waals surface area contributed by atoms with Gasteiger partial charge in [0.2, 0.25) is 17.7 Å². The number of para-hydroxylation sites is 1. The van der Waals surface area contributed by atoms with Crippen LogP contribution in [0.3, 0.4) is 0 Å². The number of anilines is 2. The van der Waals surface area contributed by atoms with Crippen LogP contribution in [-0.2, 0) is 20.9 Å². The van der Waals surface area contributed by atoms with Crippen LogP contribution >= 0.6 is 0 Å². The molecule has 1 atom stereocenters. The van der Waals surface area contributed by atoms with Gasteiger partial charge in [-0.1, -0.05) is 24.3 Å². The molecule has 0 aromatic heterocycles. The Hall–Kier alpha value is -3.35. The first kappa shape index (κ1) is 19.4. The first-order valence-corrected chi connectivity index (χ1v) is 9.05. The van der Waals surface area contributed by atoms with Crippen molar-refractivity contribution in [2.45, 2.75) is 19.9 Å². The molecular formula is C21H23N3O4. The Labute approximate surface area is 163 Å². The number of carbonyl (C=O) groups is 3. The summed E-state index contributed by atoms with van der Waals surface area (Å²) in [5, 5.41) is 5.59. The fourth-order valence-corrected chi connectivity index (χ4v) is 3.26. The second-order valence-corrected chi connectivity index (χ2v) is 6.67. The van der Waals surface area contributed by atoms with Gasteiger partial charge in [-0.3, -0.25) is 14.4 Å². The third-order valence-corrected chi connectivity index (χ3v) is 4.62. The Morgan fingerprint density at radius 2 is 1.96 bits per heavy atom. The predicted octanol–water partition coefficient (Wildman–Crippen LogP) is 2.32. The molecular weight excluding hydrogens is 358 g/mol. The highest BCUT2D eigenvalue weighted by Gasteiger charge is 2.35. The van der Waals surface area contributed by atoms with E-state index in [9.17, 15) is 14.4 Å². The lowest BCUT2D eigenvalue weighted by Crippen LogP contribution is -2.32. The van der Waals surface area contributed by atoms with Gasteiger partial charge in [0.1, 0.15) is 5.75 Å². The maximum Gasteiger partial charge on any atom is 0.227 e. The molecule has 3 rings (SSSR count). The molecule has 0 radical (unpaired) electrons. The van der Waals surface area contributed by atoms with E-state index < -0.39 is 5.92 Å². The summed E-state index contributed by atoms with van der Waals surface area (Å²) >= 11 is 0. The molecule has 28 heavy (non-hydrogen) atoms. The van der Waals surface area contributed by atoms with Crippen LogP contribution in [0.4, 0.5) is 11.4 Å². The average Bonchev–Trinajstić information content (AvgIpc) is 3.08. The van der Waals surface area contributed by atoms with Crippen molar-refractivity contribution in [3.05, 3.63) is 54.1 Å². The number of rotatable bonds is 6. The molecule has 0 aliphatic carbocycles. The van der Waals surface area contributed by atoms with Crippen LogP contribution in [0.2, 0.25) is 0 Å². The molecule has 3 amide bonds. The van der Waals surface area contributed by atoms with Gasteiger partial charge < -0.3 is 20.3 Å². The molecule has 2 aromatic carbocycles. The van der Waals surface area contributed by atoms with Gasteiger partial charge in [0.05, 0.1) is 13.0 Å². The standard InChI is InChI=1S/C21H23N3O4/c1-14(25)23-17-7-5-8-18(11-17)24-13-16(10-20(24)26)21(27)22-12-15-6-3-4-9-19(15)28-2/h3-9,11,16H,10,12-13H2,1-2H3,(H,22,27)(H,23,25). The number of hydrogen-bond donors (Lipinski definition) is 2. The third-order valence-electron chi connectivity index (χ3n) is 4.62. The van der Waals surface area contributed by atoms with E-state index in [0.29, 0.717) is 30.2 Å². The van der Waals surface area contributed by atoms with E-state index in [1.54, 1.807) is 36.3 Å². The van der Waals surface area contributed by atoms with Crippen LogP contribution in [0, 0.1) is 5.92 Å². The van der Waals surface area contributed by atoms with E-state index in [-0.39, 0.29) is 24.1 Å². The van der Waals surface area contributed by atoms with Gasteiger partial charge in [0.15, 0.2) is 0 Å². The molecule has 1 aliphatic rings. The van der Waals surface area contributed by atoms with Crippen molar-refractivity contribution in [1.29, 1.82) is 0 Å². The number of carbonyl (C=O) groups excluding carboxylic acids is 3. The fraction of sp³-hybridized carbons (Fsp3) is 0.286. The highest BCUT2D eigenvalue weighted by atomic mass is 16.5. The topological polar surface area (TPSA) is 87.7 Å². The van der Waals surface area contributed by atoms with E-state index in [4.69, 9.17) is 4.74 Å². The van der Waals surface area contributed by atoms with Gasteiger partial charge >= 0.3 is 0 Å². The first-order valence-electron chi connectivity index (χ1n) is 9.05. The quantitative estimate of drug-likeness (QED) is 0.804. The molecule has 1 unspecified atom stereocenters. The van der Waals surface area contributed by atoms with Gasteiger partial charge in [0.25, 0.3) is 0 Å². The van der Waals surface area contributed by atoms with Crippen molar-refractivity contribution in [1.82, 2.24) is 5.32 Å². The summed E-state index contributed by atoms with van der Waals surface area (Å²) in [4.78, 5) is 37.8. The molecule has 7 heteroatoms. The zero-order valence-corrected chi connectivity index (χ0v) is 15.9. The summed E-state index contributed by atoms with van der Waals surface area (Å²) in [6.07, 6.45) is 0.155. The average molecular weight is 381 g/mol. The zero-order chi connectivity index (χ0) is 20.1. The third kappa shape index (κ3) is 4.49. The summed E-state index contributed by atoms with van der Waals surface area (Å²) in [5.74, 6) is -0.177. The van der Waals surface area contributed by atoms with Crippen molar-refractivity contribution in [3.8, 4) is 5.75 Å². The summed E-state index contributed by atoms with van der Waals surface area (Å²) in [6, 6.07) is 14.5. The van der Waals surface area contributed by atoms with Crippen molar-refractivity contribution in [2.24, 2.45) is 5.92 Å². The van der Waals surface area contributed by atoms with E-state index in [1.165, 1.54) is 6.92 Å². The van der Waals surface area contributed by atoms with E-state index in [1.807, 2.05) is 24.3 Å². The van der Waals surface area contributed by atoms with E-state index >= 15 is 0 Å². The minimum Gasteiger partial charge on any atom is -0.496 e. The molecule has 1 aliphatic heterocycles. The van der Waals surface area contributed by atoms with Gasteiger partial charge in [-0.05, 0) is 24.3 Å². The maximum absolute atomic E-state index is 12.6. The molecule has 0 spiro atoms. The van der Waals surface area contributed by atoms with Gasteiger partial charge in [-0.25, -0.2) is 0 Å². The Bertz CT molecular complexity index is 897. The lowest BCUT2D eigenvalue weighted by molar-refractivity contribution is -0.126. The number of hydrogen-bond acceptors (Lipinski definition) is 4. The molecule has 1 fully saturated rings. The summed E-state index contributed by atoms with van der Waals surface area (Å²) < 4.78 is 5.29. The highest BCUT2D eigenvalue weighted by Crippen LogP contribution is 2.27. The zero-order valence-electron chi connectivity index (χ0n) is 15.9. The van der Waals surface area contributed by atoms with E-state index in [2.05, 4.69) is 10.6 Å². The minimum atomic E-state index is -0.424. The number of benzene rings is 2. The Balaban J connectivity index is 1.64. The second kappa shape index (κ2) is 8.56. The van der Waals surface area contributed by atoms with Crippen LogP contribution in [0.1, 0.15) is 18.9 Å². The number of nitrogens with zero attached hydrogens (tertiary/aromatic N) is 1. The summed E-state index contributed by atoms with van der Waals surface area (Å²) in [6.45, 7) is 2.07. The van der Waals surface area contributed by atoms with E-state index in [0.717, 1.165) is 5.56 Å². The molecule has 2 aromatic rings. The summed E-state index contributed by atoms with van der Waals surface area (Å²) in [7, 11) is 1.59. The van der Waals surface area contributed by atoms with Crippen LogP contribution in [0.15, 0.2) is 48.5 Å². The molecule has 1 heterocycles. The lowest BCUT2D eigenvalue weighted by Gasteiger charge is -2.18. The Morgan fingerprint density at radius 1 is 1.18 bits per heavy atom. The van der Waals surface area contributed by atoms with Crippen molar-refractivity contribution in [3.63, 3.8) is 0 Å². The summed E-state index contributed by atoms with van der Waals surface area (Å²) in [5.41, 5.74) is 2.15. The van der Waals surface area contributed by atoms with Crippen molar-refractivity contribution >= 4 is 29.1 Å². The van der Waals surface area contributed by atoms with Crippen LogP contribution < -0.4 is 20.3 Å². The van der Waals surface area contributed by atoms with Gasteiger partial charge in [0, 0.05) is 43.4 Å². The first-order chi connectivity index (χ1) is 13.5. The minimum absolute atomic E-state index is 0.114. The smallest absolute Gasteiger partial charge is 0.227 e. The molecule has 2 N–H and O–H groups in total. The number of nitrogens with one attached hydrogen (secondary N) is 2. The Morgan fingerprint density at radius 3 is 2.71 bits per heavy atom. The molecule has 146 valence electrons. The highest BCUT2D eigenvalue weighted by molar-refractivity contribution is 6.01. The number of amides is 3. The van der Waals surface area contributed by atoms with Crippen molar-refractivity contribution in [2.75, 3.05) is 23.9 Å². The molecule has 0 saturated carbocycles. The lowest BCUT2D eigenvalue weighted by atomic mass is 10.1. The van der Waals surface area contributed by atoms with Crippen molar-refractivity contribution < 1.29 is 19.1 Å². The van der Waals surface area contributed by atoms with Crippen LogP contribution in [0.25, 0.3) is 0 Å². The largest absolute Gasteiger partial charge is 0.496 e. The monoisotopic (exact) mass is 381 g/mol. The Kier molecular flexibility index (Phi) is 5.93. The fourth-order valence-electron chi connectivity index (χ4n) is 3.26.